The van der Waals surface area contributed by atoms with Crippen molar-refractivity contribution in [3.63, 3.8) is 0 Å². The number of ether oxygens (including phenoxy) is 1. The minimum absolute atomic E-state index is 0.0333. The van der Waals surface area contributed by atoms with Crippen LogP contribution >= 0.6 is 0 Å². The van der Waals surface area contributed by atoms with Gasteiger partial charge in [-0.15, -0.1) is 0 Å². The molecule has 0 spiro atoms. The first-order chi connectivity index (χ1) is 8.31. The molecule has 0 saturated heterocycles. The van der Waals surface area contributed by atoms with Crippen LogP contribution in [0.2, 0.25) is 0 Å². The summed E-state index contributed by atoms with van der Waals surface area (Å²) in [4.78, 5) is 0. The fourth-order valence-electron chi connectivity index (χ4n) is 1.65. The number of para-hydroxylation sites is 1. The number of hydrogen-bond acceptors (Lipinski definition) is 2. The summed E-state index contributed by atoms with van der Waals surface area (Å²) >= 11 is 0. The summed E-state index contributed by atoms with van der Waals surface area (Å²) in [5, 5.41) is 9.20. The Kier molecular flexibility index (Phi) is 3.78. The molecule has 0 fully saturated rings. The highest BCUT2D eigenvalue weighted by Crippen LogP contribution is 2.19. The second-order valence-corrected chi connectivity index (χ2v) is 3.82. The van der Waals surface area contributed by atoms with Gasteiger partial charge in [-0.2, -0.15) is 0 Å². The van der Waals surface area contributed by atoms with Crippen LogP contribution in [0.25, 0.3) is 0 Å². The largest absolute Gasteiger partial charge is 0.489 e. The van der Waals surface area contributed by atoms with Crippen molar-refractivity contribution in [2.75, 3.05) is 0 Å². The maximum Gasteiger partial charge on any atom is 0.123 e. The van der Waals surface area contributed by atoms with Crippen molar-refractivity contribution < 1.29 is 9.84 Å². The van der Waals surface area contributed by atoms with E-state index in [4.69, 9.17) is 4.74 Å². The molecule has 2 aromatic rings. The van der Waals surface area contributed by atoms with E-state index in [-0.39, 0.29) is 6.61 Å². The predicted molar refractivity (Wildman–Crippen MR) is 67.6 cm³/mol. The molecular weight excluding hydrogens is 212 g/mol. The van der Waals surface area contributed by atoms with Gasteiger partial charge in [-0.25, -0.2) is 0 Å². The molecule has 87 valence electrons. The van der Waals surface area contributed by atoms with Gasteiger partial charge in [0.05, 0.1) is 6.61 Å². The summed E-state index contributed by atoms with van der Waals surface area (Å²) < 4.78 is 5.69. The van der Waals surface area contributed by atoms with Gasteiger partial charge >= 0.3 is 0 Å². The third-order valence-electron chi connectivity index (χ3n) is 2.64. The average molecular weight is 227 g/mol. The van der Waals surface area contributed by atoms with E-state index in [9.17, 15) is 5.11 Å². The van der Waals surface area contributed by atoms with Crippen LogP contribution < -0.4 is 4.74 Å². The van der Waals surface area contributed by atoms with Crippen LogP contribution in [0, 0.1) is 6.92 Å². The molecule has 0 unspecified atom stereocenters. The summed E-state index contributed by atoms with van der Waals surface area (Å²) in [5.74, 6) is 0.778. The van der Waals surface area contributed by atoms with Crippen molar-refractivity contribution in [3.8, 4) is 5.75 Å². The highest BCUT2D eigenvalue weighted by Gasteiger charge is 2.02. The number of hydrogen-bond donors (Lipinski definition) is 1. The quantitative estimate of drug-likeness (QED) is 0.870. The van der Waals surface area contributed by atoms with Crippen LogP contribution in [0.3, 0.4) is 0 Å². The lowest BCUT2D eigenvalue weighted by atomic mass is 10.1. The van der Waals surface area contributed by atoms with Gasteiger partial charge in [-0.1, -0.05) is 42.5 Å². The Balaban J connectivity index is 2.10. The van der Waals surface area contributed by atoms with Gasteiger partial charge < -0.3 is 9.84 Å². The van der Waals surface area contributed by atoms with Gasteiger partial charge in [0.25, 0.3) is 0 Å². The molecule has 1 N–H and O–H groups in total. The molecule has 0 saturated carbocycles. The van der Waals surface area contributed by atoms with Crippen LogP contribution in [0.1, 0.15) is 16.7 Å². The zero-order chi connectivity index (χ0) is 12.1. The third kappa shape index (κ3) is 2.86. The molecule has 0 atom stereocenters. The van der Waals surface area contributed by atoms with Gasteiger partial charge in [0.2, 0.25) is 0 Å². The van der Waals surface area contributed by atoms with Crippen molar-refractivity contribution >= 4 is 0 Å². The summed E-state index contributed by atoms with van der Waals surface area (Å²) in [6, 6.07) is 15.3. The Hall–Kier alpha value is -1.80. The van der Waals surface area contributed by atoms with Crippen LogP contribution in [-0.2, 0) is 13.2 Å². The summed E-state index contributed by atoms with van der Waals surface area (Å²) in [7, 11) is 0. The van der Waals surface area contributed by atoms with Crippen molar-refractivity contribution in [1.82, 2.24) is 0 Å². The standard InChI is InChI=1S/C15H15O2/c1-12-6-2-5-9-15(12)17-11-14-8-4-3-7-13(14)10-16/h2-9,16H,1,10-11H2. The lowest BCUT2D eigenvalue weighted by molar-refractivity contribution is 0.269. The number of benzene rings is 2. The molecule has 17 heavy (non-hydrogen) atoms. The molecule has 0 aliphatic heterocycles. The predicted octanol–water partition coefficient (Wildman–Crippen LogP) is 2.94. The van der Waals surface area contributed by atoms with Gasteiger partial charge in [0.1, 0.15) is 12.4 Å². The Morgan fingerprint density at radius 2 is 1.59 bits per heavy atom. The number of aliphatic hydroxyl groups excluding tert-OH is 1. The molecule has 2 heteroatoms. The van der Waals surface area contributed by atoms with Gasteiger partial charge in [0.15, 0.2) is 0 Å². The summed E-state index contributed by atoms with van der Waals surface area (Å²) in [6.07, 6.45) is 0. The number of rotatable bonds is 4. The Morgan fingerprint density at radius 1 is 0.941 bits per heavy atom. The molecule has 0 aromatic heterocycles. The average Bonchev–Trinajstić information content (AvgIpc) is 2.38. The summed E-state index contributed by atoms with van der Waals surface area (Å²) in [5.41, 5.74) is 2.77. The molecule has 0 bridgehead atoms. The first-order valence-electron chi connectivity index (χ1n) is 5.52. The highest BCUT2D eigenvalue weighted by atomic mass is 16.5. The van der Waals surface area contributed by atoms with E-state index in [0.29, 0.717) is 6.61 Å². The monoisotopic (exact) mass is 227 g/mol. The van der Waals surface area contributed by atoms with E-state index in [0.717, 1.165) is 22.4 Å². The van der Waals surface area contributed by atoms with Gasteiger partial charge in [0, 0.05) is 0 Å². The van der Waals surface area contributed by atoms with Gasteiger partial charge in [-0.05, 0) is 29.7 Å². The van der Waals surface area contributed by atoms with E-state index in [2.05, 4.69) is 6.92 Å². The van der Waals surface area contributed by atoms with Crippen molar-refractivity contribution in [2.45, 2.75) is 13.2 Å². The Labute approximate surface area is 101 Å². The molecule has 0 aliphatic rings. The fourth-order valence-corrected chi connectivity index (χ4v) is 1.65. The lowest BCUT2D eigenvalue weighted by Gasteiger charge is -2.11. The van der Waals surface area contributed by atoms with E-state index in [1.165, 1.54) is 0 Å². The SMILES string of the molecule is [CH2]c1ccccc1OCc1ccccc1CO. The van der Waals surface area contributed by atoms with Crippen LogP contribution in [0.5, 0.6) is 5.75 Å². The smallest absolute Gasteiger partial charge is 0.123 e. The third-order valence-corrected chi connectivity index (χ3v) is 2.64. The van der Waals surface area contributed by atoms with E-state index >= 15 is 0 Å². The van der Waals surface area contributed by atoms with Crippen molar-refractivity contribution in [3.05, 3.63) is 72.1 Å². The fraction of sp³-hybridized carbons (Fsp3) is 0.133. The molecule has 1 radical (unpaired) electrons. The minimum Gasteiger partial charge on any atom is -0.489 e. The van der Waals surface area contributed by atoms with E-state index < -0.39 is 0 Å². The summed E-state index contributed by atoms with van der Waals surface area (Å²) in [6.45, 7) is 4.38. The van der Waals surface area contributed by atoms with Crippen molar-refractivity contribution in [2.24, 2.45) is 0 Å². The van der Waals surface area contributed by atoms with Crippen LogP contribution in [-0.4, -0.2) is 5.11 Å². The molecule has 0 aliphatic carbocycles. The number of aliphatic hydroxyl groups is 1. The highest BCUT2D eigenvalue weighted by molar-refractivity contribution is 5.36. The van der Waals surface area contributed by atoms with Crippen LogP contribution in [0.4, 0.5) is 0 Å². The first-order valence-corrected chi connectivity index (χ1v) is 5.52. The minimum atomic E-state index is 0.0333. The normalized spacial score (nSPS) is 10.2. The molecule has 2 nitrogen and oxygen atoms in total. The van der Waals surface area contributed by atoms with E-state index in [1.54, 1.807) is 0 Å². The van der Waals surface area contributed by atoms with Crippen LogP contribution in [0.15, 0.2) is 48.5 Å². The second kappa shape index (κ2) is 5.51. The molecule has 2 rings (SSSR count). The topological polar surface area (TPSA) is 29.5 Å². The molecule has 2 aromatic carbocycles. The molecule has 0 heterocycles. The maximum absolute atomic E-state index is 9.20. The molecular formula is C15H15O2. The Bertz CT molecular complexity index is 492. The molecule has 0 amide bonds. The maximum atomic E-state index is 9.20. The lowest BCUT2D eigenvalue weighted by Crippen LogP contribution is -2.00. The van der Waals surface area contributed by atoms with E-state index in [1.807, 2.05) is 48.5 Å². The Morgan fingerprint density at radius 3 is 2.29 bits per heavy atom. The first kappa shape index (κ1) is 11.7. The second-order valence-electron chi connectivity index (χ2n) is 3.82. The zero-order valence-electron chi connectivity index (χ0n) is 9.60. The van der Waals surface area contributed by atoms with Crippen molar-refractivity contribution in [1.29, 1.82) is 0 Å². The van der Waals surface area contributed by atoms with Gasteiger partial charge in [-0.3, -0.25) is 0 Å². The zero-order valence-corrected chi connectivity index (χ0v) is 9.60.